The smallest absolute Gasteiger partial charge is 0.188 e. The van der Waals surface area contributed by atoms with Crippen molar-refractivity contribution < 1.29 is 9.18 Å². The van der Waals surface area contributed by atoms with Crippen molar-refractivity contribution in [2.45, 2.75) is 6.42 Å². The fourth-order valence-corrected chi connectivity index (χ4v) is 2.83. The van der Waals surface area contributed by atoms with Crippen molar-refractivity contribution in [2.24, 2.45) is 7.05 Å². The molecule has 0 N–H and O–H groups in total. The number of rotatable bonds is 3. The van der Waals surface area contributed by atoms with Crippen LogP contribution in [-0.4, -0.2) is 15.6 Å². The van der Waals surface area contributed by atoms with Crippen molar-refractivity contribution >= 4 is 32.6 Å². The van der Waals surface area contributed by atoms with E-state index in [0.29, 0.717) is 10.2 Å². The van der Waals surface area contributed by atoms with Crippen LogP contribution in [0.25, 0.3) is 10.9 Å². The van der Waals surface area contributed by atoms with Crippen LogP contribution in [0.1, 0.15) is 16.1 Å². The number of hydrogen-bond acceptors (Lipinski definition) is 2. The number of carbonyl (C=O) groups is 1. The number of para-hydroxylation sites is 1. The number of aryl methyl sites for hydroxylation is 1. The number of ketones is 1. The van der Waals surface area contributed by atoms with Gasteiger partial charge in [0.05, 0.1) is 5.52 Å². The summed E-state index contributed by atoms with van der Waals surface area (Å²) in [7, 11) is 1.81. The summed E-state index contributed by atoms with van der Waals surface area (Å²) in [4.78, 5) is 12.5. The van der Waals surface area contributed by atoms with Gasteiger partial charge in [0.2, 0.25) is 0 Å². The molecule has 1 heterocycles. The minimum Gasteiger partial charge on any atom is -0.292 e. The van der Waals surface area contributed by atoms with Crippen molar-refractivity contribution in [2.75, 3.05) is 0 Å². The molecule has 3 nitrogen and oxygen atoms in total. The molecule has 0 spiro atoms. The van der Waals surface area contributed by atoms with Gasteiger partial charge in [0.15, 0.2) is 5.78 Å². The molecule has 0 atom stereocenters. The Labute approximate surface area is 129 Å². The number of nitrogens with zero attached hydrogens (tertiary/aromatic N) is 2. The van der Waals surface area contributed by atoms with Gasteiger partial charge in [-0.3, -0.25) is 9.48 Å². The maximum Gasteiger partial charge on any atom is 0.188 e. The van der Waals surface area contributed by atoms with Gasteiger partial charge in [-0.15, -0.1) is 0 Å². The number of Topliss-reactive ketones (excluding diaryl/α,β-unsaturated/α-hetero) is 1. The number of aromatic nitrogens is 2. The normalized spacial score (nSPS) is 11.0. The minimum absolute atomic E-state index is 0.0842. The SMILES string of the molecule is Cn1nc(C(=O)Cc2ccc(F)cc2Br)c2ccccc21. The summed E-state index contributed by atoms with van der Waals surface area (Å²) in [5.74, 6) is -0.416. The van der Waals surface area contributed by atoms with Gasteiger partial charge >= 0.3 is 0 Å². The Kier molecular flexibility index (Phi) is 3.59. The van der Waals surface area contributed by atoms with Crippen LogP contribution < -0.4 is 0 Å². The molecule has 3 aromatic rings. The van der Waals surface area contributed by atoms with Crippen molar-refractivity contribution in [1.82, 2.24) is 9.78 Å². The maximum atomic E-state index is 13.1. The second-order valence-electron chi connectivity index (χ2n) is 4.83. The van der Waals surface area contributed by atoms with Crippen molar-refractivity contribution in [3.05, 3.63) is 64.0 Å². The summed E-state index contributed by atoms with van der Waals surface area (Å²) in [6.07, 6.45) is 0.182. The second kappa shape index (κ2) is 5.41. The highest BCUT2D eigenvalue weighted by Crippen LogP contribution is 2.22. The number of hydrogen-bond donors (Lipinski definition) is 0. The van der Waals surface area contributed by atoms with Crippen LogP contribution in [0, 0.1) is 5.82 Å². The highest BCUT2D eigenvalue weighted by atomic mass is 79.9. The zero-order valence-corrected chi connectivity index (χ0v) is 12.9. The van der Waals surface area contributed by atoms with Gasteiger partial charge < -0.3 is 0 Å². The Morgan fingerprint density at radius 3 is 2.81 bits per heavy atom. The topological polar surface area (TPSA) is 34.9 Å². The van der Waals surface area contributed by atoms with E-state index in [1.807, 2.05) is 31.3 Å². The first-order chi connectivity index (χ1) is 10.1. The lowest BCUT2D eigenvalue weighted by molar-refractivity contribution is 0.0989. The van der Waals surface area contributed by atoms with E-state index < -0.39 is 0 Å². The quantitative estimate of drug-likeness (QED) is 0.674. The van der Waals surface area contributed by atoms with E-state index in [2.05, 4.69) is 21.0 Å². The monoisotopic (exact) mass is 346 g/mol. The van der Waals surface area contributed by atoms with Gasteiger partial charge in [0.1, 0.15) is 11.5 Å². The van der Waals surface area contributed by atoms with E-state index in [-0.39, 0.29) is 18.0 Å². The van der Waals surface area contributed by atoms with Crippen LogP contribution in [0.4, 0.5) is 4.39 Å². The molecule has 0 aliphatic rings. The van der Waals surface area contributed by atoms with E-state index in [9.17, 15) is 9.18 Å². The molecule has 0 unspecified atom stereocenters. The highest BCUT2D eigenvalue weighted by Gasteiger charge is 2.17. The molecule has 3 rings (SSSR count). The first kappa shape index (κ1) is 13.9. The fourth-order valence-electron chi connectivity index (χ4n) is 2.34. The zero-order valence-electron chi connectivity index (χ0n) is 11.3. The molecule has 106 valence electrons. The third-order valence-electron chi connectivity index (χ3n) is 3.39. The first-order valence-electron chi connectivity index (χ1n) is 6.45. The summed E-state index contributed by atoms with van der Waals surface area (Å²) < 4.78 is 15.4. The van der Waals surface area contributed by atoms with Crippen LogP contribution >= 0.6 is 15.9 Å². The van der Waals surface area contributed by atoms with E-state index in [1.165, 1.54) is 12.1 Å². The average molecular weight is 347 g/mol. The first-order valence-corrected chi connectivity index (χ1v) is 7.24. The molecular weight excluding hydrogens is 335 g/mol. The second-order valence-corrected chi connectivity index (χ2v) is 5.68. The van der Waals surface area contributed by atoms with E-state index in [1.54, 1.807) is 10.7 Å². The van der Waals surface area contributed by atoms with Gasteiger partial charge in [0.25, 0.3) is 0 Å². The molecular formula is C16H12BrFN2O. The zero-order chi connectivity index (χ0) is 15.0. The van der Waals surface area contributed by atoms with Gasteiger partial charge in [-0.05, 0) is 23.8 Å². The van der Waals surface area contributed by atoms with Crippen LogP contribution in [0.15, 0.2) is 46.9 Å². The Bertz CT molecular complexity index is 841. The molecule has 0 saturated carbocycles. The molecule has 0 fully saturated rings. The Balaban J connectivity index is 1.98. The van der Waals surface area contributed by atoms with E-state index in [4.69, 9.17) is 0 Å². The fraction of sp³-hybridized carbons (Fsp3) is 0.125. The number of fused-ring (bicyclic) bond motifs is 1. The third kappa shape index (κ3) is 2.61. The molecule has 0 amide bonds. The highest BCUT2D eigenvalue weighted by molar-refractivity contribution is 9.10. The predicted octanol–water partition coefficient (Wildman–Crippen LogP) is 3.90. The largest absolute Gasteiger partial charge is 0.292 e. The summed E-state index contributed by atoms with van der Waals surface area (Å²) >= 11 is 3.29. The van der Waals surface area contributed by atoms with Crippen molar-refractivity contribution in [3.8, 4) is 0 Å². The van der Waals surface area contributed by atoms with E-state index >= 15 is 0 Å². The molecule has 21 heavy (non-hydrogen) atoms. The average Bonchev–Trinajstić information content (AvgIpc) is 2.80. The summed E-state index contributed by atoms with van der Waals surface area (Å²) in [6.45, 7) is 0. The molecule has 2 aromatic carbocycles. The summed E-state index contributed by atoms with van der Waals surface area (Å²) in [5.41, 5.74) is 2.11. The Morgan fingerprint density at radius 2 is 2.05 bits per heavy atom. The van der Waals surface area contributed by atoms with Crippen molar-refractivity contribution in [3.63, 3.8) is 0 Å². The van der Waals surface area contributed by atoms with Gasteiger partial charge in [0, 0.05) is 23.3 Å². The van der Waals surface area contributed by atoms with Gasteiger partial charge in [-0.1, -0.05) is 40.2 Å². The standard InChI is InChI=1S/C16H12BrFN2O/c1-20-14-5-3-2-4-12(14)16(19-20)15(21)8-10-6-7-11(18)9-13(10)17/h2-7,9H,8H2,1H3. The molecule has 0 aliphatic carbocycles. The van der Waals surface area contributed by atoms with E-state index in [0.717, 1.165) is 16.5 Å². The molecule has 0 aliphatic heterocycles. The number of benzene rings is 2. The van der Waals surface area contributed by atoms with Gasteiger partial charge in [-0.25, -0.2) is 4.39 Å². The Hall–Kier alpha value is -2.01. The lowest BCUT2D eigenvalue weighted by atomic mass is 10.0. The minimum atomic E-state index is -0.332. The number of halogens is 2. The molecule has 5 heteroatoms. The maximum absolute atomic E-state index is 13.1. The molecule has 0 saturated heterocycles. The molecule has 1 aromatic heterocycles. The van der Waals surface area contributed by atoms with Crippen LogP contribution in [0.5, 0.6) is 0 Å². The van der Waals surface area contributed by atoms with Crippen LogP contribution in [0.2, 0.25) is 0 Å². The van der Waals surface area contributed by atoms with Crippen LogP contribution in [-0.2, 0) is 13.5 Å². The van der Waals surface area contributed by atoms with Crippen molar-refractivity contribution in [1.29, 1.82) is 0 Å². The summed E-state index contributed by atoms with van der Waals surface area (Å²) in [6, 6.07) is 11.9. The lowest BCUT2D eigenvalue weighted by Crippen LogP contribution is -2.06. The van der Waals surface area contributed by atoms with Crippen LogP contribution in [0.3, 0.4) is 0 Å². The lowest BCUT2D eigenvalue weighted by Gasteiger charge is -2.03. The summed E-state index contributed by atoms with van der Waals surface area (Å²) in [5, 5.41) is 5.15. The van der Waals surface area contributed by atoms with Gasteiger partial charge in [-0.2, -0.15) is 5.10 Å². The predicted molar refractivity (Wildman–Crippen MR) is 82.8 cm³/mol. The Morgan fingerprint density at radius 1 is 1.29 bits per heavy atom. The number of carbonyl (C=O) groups excluding carboxylic acids is 1. The molecule has 0 bridgehead atoms. The molecule has 0 radical (unpaired) electrons. The third-order valence-corrected chi connectivity index (χ3v) is 4.13.